The molecule has 1 aromatic carbocycles. The van der Waals surface area contributed by atoms with Gasteiger partial charge in [0.1, 0.15) is 6.10 Å². The summed E-state index contributed by atoms with van der Waals surface area (Å²) in [7, 11) is 3.06. The van der Waals surface area contributed by atoms with Crippen LogP contribution >= 0.6 is 0 Å². The molecule has 0 aromatic heterocycles. The third-order valence-electron chi connectivity index (χ3n) is 3.15. The Balaban J connectivity index is 2.60. The normalized spacial score (nSPS) is 18.8. The molecular weight excluding hydrogens is 268 g/mol. The van der Waals surface area contributed by atoms with Gasteiger partial charge in [0.15, 0.2) is 17.3 Å². The monoisotopic (exact) mass is 288 g/mol. The van der Waals surface area contributed by atoms with Crippen LogP contribution in [0.3, 0.4) is 0 Å². The molecule has 0 bridgehead atoms. The maximum Gasteiger partial charge on any atom is 0.200 e. The Labute approximate surface area is 125 Å². The minimum atomic E-state index is -0.658. The average molecular weight is 288 g/mol. The zero-order valence-corrected chi connectivity index (χ0v) is 12.8. The Morgan fingerprint density at radius 3 is 2.29 bits per heavy atom. The average Bonchev–Trinajstić information content (AvgIpc) is 2.48. The van der Waals surface area contributed by atoms with Crippen molar-refractivity contribution in [2.75, 3.05) is 14.2 Å². The Hall–Kier alpha value is -2.07. The molecule has 1 atom stereocenters. The van der Waals surface area contributed by atoms with Crippen LogP contribution in [0.15, 0.2) is 47.9 Å². The highest BCUT2D eigenvalue weighted by Crippen LogP contribution is 2.33. The molecule has 4 heteroatoms. The molecule has 4 nitrogen and oxygen atoms in total. The highest BCUT2D eigenvalue weighted by molar-refractivity contribution is 6.25. The fraction of sp³-hybridized carbons (Fsp3) is 0.353. The minimum Gasteiger partial charge on any atom is -0.493 e. The van der Waals surface area contributed by atoms with Crippen molar-refractivity contribution in [3.05, 3.63) is 53.5 Å². The van der Waals surface area contributed by atoms with Crippen LogP contribution in [-0.4, -0.2) is 32.2 Å². The summed E-state index contributed by atoms with van der Waals surface area (Å²) in [5.41, 5.74) is 1.29. The number of carbonyl (C=O) groups is 1. The molecule has 0 saturated carbocycles. The molecule has 1 aliphatic rings. The van der Waals surface area contributed by atoms with Gasteiger partial charge in [-0.3, -0.25) is 4.79 Å². The molecule has 0 spiro atoms. The molecule has 1 aliphatic carbocycles. The van der Waals surface area contributed by atoms with Crippen molar-refractivity contribution in [2.24, 2.45) is 0 Å². The zero-order valence-electron chi connectivity index (χ0n) is 12.8. The second-order valence-corrected chi connectivity index (χ2v) is 4.99. The Bertz CT molecular complexity index is 570. The number of methoxy groups -OCH3 is 2. The van der Waals surface area contributed by atoms with Crippen molar-refractivity contribution in [3.8, 4) is 0 Å². The van der Waals surface area contributed by atoms with Gasteiger partial charge in [-0.1, -0.05) is 30.3 Å². The largest absolute Gasteiger partial charge is 0.493 e. The maximum absolute atomic E-state index is 12.6. The molecule has 0 amide bonds. The standard InChI is InChI=1S/C17H20O4/c1-11(2)21-17-14(20-4)10-13(19-3)16(18)15(17)12-8-6-5-7-9-12/h5-11,13H,1-4H3. The molecule has 0 saturated heterocycles. The van der Waals surface area contributed by atoms with Crippen molar-refractivity contribution in [2.45, 2.75) is 26.1 Å². The van der Waals surface area contributed by atoms with Crippen LogP contribution in [0.2, 0.25) is 0 Å². The molecule has 21 heavy (non-hydrogen) atoms. The Kier molecular flexibility index (Phi) is 4.81. The van der Waals surface area contributed by atoms with E-state index >= 15 is 0 Å². The van der Waals surface area contributed by atoms with Gasteiger partial charge in [-0.05, 0) is 25.5 Å². The van der Waals surface area contributed by atoms with Crippen molar-refractivity contribution in [3.63, 3.8) is 0 Å². The van der Waals surface area contributed by atoms with Gasteiger partial charge in [0.05, 0.1) is 18.8 Å². The van der Waals surface area contributed by atoms with Crippen molar-refractivity contribution >= 4 is 11.4 Å². The zero-order chi connectivity index (χ0) is 15.4. The van der Waals surface area contributed by atoms with E-state index in [-0.39, 0.29) is 11.9 Å². The lowest BCUT2D eigenvalue weighted by Crippen LogP contribution is -2.29. The van der Waals surface area contributed by atoms with Crippen LogP contribution in [-0.2, 0) is 19.0 Å². The first-order chi connectivity index (χ1) is 10.1. The van der Waals surface area contributed by atoms with Gasteiger partial charge in [-0.2, -0.15) is 0 Å². The smallest absolute Gasteiger partial charge is 0.200 e. The molecule has 1 unspecified atom stereocenters. The Morgan fingerprint density at radius 2 is 1.76 bits per heavy atom. The van der Waals surface area contributed by atoms with Gasteiger partial charge in [0.2, 0.25) is 0 Å². The van der Waals surface area contributed by atoms with E-state index in [9.17, 15) is 4.79 Å². The highest BCUT2D eigenvalue weighted by Gasteiger charge is 2.33. The summed E-state index contributed by atoms with van der Waals surface area (Å²) >= 11 is 0. The van der Waals surface area contributed by atoms with E-state index in [4.69, 9.17) is 14.2 Å². The summed E-state index contributed by atoms with van der Waals surface area (Å²) in [6.45, 7) is 3.82. The van der Waals surface area contributed by atoms with E-state index in [1.165, 1.54) is 7.11 Å². The lowest BCUT2D eigenvalue weighted by atomic mass is 9.92. The van der Waals surface area contributed by atoms with Crippen molar-refractivity contribution in [1.29, 1.82) is 0 Å². The van der Waals surface area contributed by atoms with Gasteiger partial charge in [0.25, 0.3) is 0 Å². The molecule has 112 valence electrons. The van der Waals surface area contributed by atoms with Gasteiger partial charge in [-0.15, -0.1) is 0 Å². The summed E-state index contributed by atoms with van der Waals surface area (Å²) in [6.07, 6.45) is 0.922. The van der Waals surface area contributed by atoms with Crippen LogP contribution < -0.4 is 0 Å². The van der Waals surface area contributed by atoms with Crippen LogP contribution in [0.5, 0.6) is 0 Å². The third kappa shape index (κ3) is 3.16. The summed E-state index contributed by atoms with van der Waals surface area (Å²) in [5, 5.41) is 0. The van der Waals surface area contributed by atoms with Gasteiger partial charge in [0, 0.05) is 7.11 Å². The van der Waals surface area contributed by atoms with E-state index in [2.05, 4.69) is 0 Å². The van der Waals surface area contributed by atoms with Gasteiger partial charge in [-0.25, -0.2) is 0 Å². The summed E-state index contributed by atoms with van der Waals surface area (Å²) in [4.78, 5) is 12.6. The second-order valence-electron chi connectivity index (χ2n) is 4.99. The fourth-order valence-corrected chi connectivity index (χ4v) is 2.23. The second kappa shape index (κ2) is 6.59. The molecule has 0 heterocycles. The van der Waals surface area contributed by atoms with Crippen LogP contribution in [0.1, 0.15) is 19.4 Å². The minimum absolute atomic E-state index is 0.0656. The predicted octanol–water partition coefficient (Wildman–Crippen LogP) is 2.95. The van der Waals surface area contributed by atoms with E-state index in [0.29, 0.717) is 17.1 Å². The van der Waals surface area contributed by atoms with E-state index in [0.717, 1.165) is 5.56 Å². The number of hydrogen-bond acceptors (Lipinski definition) is 4. The molecule has 0 fully saturated rings. The first kappa shape index (κ1) is 15.3. The predicted molar refractivity (Wildman–Crippen MR) is 80.5 cm³/mol. The van der Waals surface area contributed by atoms with Gasteiger partial charge < -0.3 is 14.2 Å². The quantitative estimate of drug-likeness (QED) is 0.835. The SMILES string of the molecule is COC1=CC(OC)C(=O)C(c2ccccc2)=C1OC(C)C. The number of benzene rings is 1. The molecular formula is C17H20O4. The maximum atomic E-state index is 12.6. The van der Waals surface area contributed by atoms with E-state index < -0.39 is 6.10 Å². The summed E-state index contributed by atoms with van der Waals surface area (Å²) < 4.78 is 16.5. The van der Waals surface area contributed by atoms with Crippen LogP contribution in [0.25, 0.3) is 5.57 Å². The van der Waals surface area contributed by atoms with Crippen molar-refractivity contribution < 1.29 is 19.0 Å². The highest BCUT2D eigenvalue weighted by atomic mass is 16.5. The number of ketones is 1. The van der Waals surface area contributed by atoms with Crippen LogP contribution in [0.4, 0.5) is 0 Å². The first-order valence-electron chi connectivity index (χ1n) is 6.88. The topological polar surface area (TPSA) is 44.8 Å². The lowest BCUT2D eigenvalue weighted by molar-refractivity contribution is -0.121. The molecule has 0 aliphatic heterocycles. The number of ether oxygens (including phenoxy) is 3. The molecule has 0 radical (unpaired) electrons. The van der Waals surface area contributed by atoms with Crippen molar-refractivity contribution in [1.82, 2.24) is 0 Å². The first-order valence-corrected chi connectivity index (χ1v) is 6.88. The summed E-state index contributed by atoms with van der Waals surface area (Å²) in [5.74, 6) is 0.867. The third-order valence-corrected chi connectivity index (χ3v) is 3.15. The van der Waals surface area contributed by atoms with E-state index in [1.807, 2.05) is 44.2 Å². The summed E-state index contributed by atoms with van der Waals surface area (Å²) in [6, 6.07) is 9.43. The Morgan fingerprint density at radius 1 is 1.10 bits per heavy atom. The number of carbonyl (C=O) groups excluding carboxylic acids is 1. The van der Waals surface area contributed by atoms with Crippen LogP contribution in [0, 0.1) is 0 Å². The molecule has 1 aromatic rings. The molecule has 2 rings (SSSR count). The number of hydrogen-bond donors (Lipinski definition) is 0. The lowest BCUT2D eigenvalue weighted by Gasteiger charge is -2.26. The number of Topliss-reactive ketones (excluding diaryl/α,β-unsaturated/α-hetero) is 1. The van der Waals surface area contributed by atoms with E-state index in [1.54, 1.807) is 13.2 Å². The van der Waals surface area contributed by atoms with Gasteiger partial charge >= 0.3 is 0 Å². The molecule has 0 N–H and O–H groups in total. The number of rotatable bonds is 5. The fourth-order valence-electron chi connectivity index (χ4n) is 2.23.